The standard InChI is InChI=1S/C13H22FN/c1-9(2)12-6-7-13(11(5)8-14)15(12)10(3)4/h6-7,9-11H,8H2,1-5H3. The fraction of sp³-hybridized carbons (Fsp3) is 0.692. The molecule has 0 aromatic carbocycles. The number of alkyl halides is 1. The van der Waals surface area contributed by atoms with E-state index in [-0.39, 0.29) is 12.6 Å². The van der Waals surface area contributed by atoms with Gasteiger partial charge in [-0.25, -0.2) is 0 Å². The Morgan fingerprint density at radius 2 is 1.60 bits per heavy atom. The van der Waals surface area contributed by atoms with E-state index < -0.39 is 0 Å². The van der Waals surface area contributed by atoms with Gasteiger partial charge < -0.3 is 4.57 Å². The topological polar surface area (TPSA) is 4.93 Å². The second kappa shape index (κ2) is 4.82. The molecule has 0 fully saturated rings. The third-order valence-electron chi connectivity index (χ3n) is 2.83. The van der Waals surface area contributed by atoms with Gasteiger partial charge in [-0.3, -0.25) is 4.39 Å². The molecule has 0 N–H and O–H groups in total. The maximum Gasteiger partial charge on any atom is 0.0974 e. The Morgan fingerprint density at radius 3 is 2.00 bits per heavy atom. The molecular formula is C13H22FN. The zero-order valence-electron chi connectivity index (χ0n) is 10.4. The van der Waals surface area contributed by atoms with Crippen LogP contribution in [0.2, 0.25) is 0 Å². The summed E-state index contributed by atoms with van der Waals surface area (Å²) < 4.78 is 15.0. The molecule has 1 nitrogen and oxygen atoms in total. The van der Waals surface area contributed by atoms with Crippen molar-refractivity contribution in [3.63, 3.8) is 0 Å². The van der Waals surface area contributed by atoms with Gasteiger partial charge in [0.2, 0.25) is 0 Å². The number of hydrogen-bond acceptors (Lipinski definition) is 0. The summed E-state index contributed by atoms with van der Waals surface area (Å²) in [5.41, 5.74) is 2.43. The van der Waals surface area contributed by atoms with Crippen LogP contribution in [0.3, 0.4) is 0 Å². The summed E-state index contributed by atoms with van der Waals surface area (Å²) in [4.78, 5) is 0. The van der Waals surface area contributed by atoms with Crippen molar-refractivity contribution in [3.05, 3.63) is 23.5 Å². The van der Waals surface area contributed by atoms with E-state index in [9.17, 15) is 4.39 Å². The van der Waals surface area contributed by atoms with Crippen molar-refractivity contribution in [1.82, 2.24) is 4.57 Å². The normalized spacial score (nSPS) is 13.9. The molecule has 0 amide bonds. The van der Waals surface area contributed by atoms with Crippen LogP contribution in [-0.2, 0) is 0 Å². The van der Waals surface area contributed by atoms with E-state index in [1.807, 2.05) is 6.92 Å². The smallest absolute Gasteiger partial charge is 0.0974 e. The fourth-order valence-electron chi connectivity index (χ4n) is 2.03. The molecule has 1 unspecified atom stereocenters. The first-order chi connectivity index (χ1) is 6.99. The van der Waals surface area contributed by atoms with Gasteiger partial charge in [-0.05, 0) is 31.9 Å². The first-order valence-electron chi connectivity index (χ1n) is 5.76. The third-order valence-corrected chi connectivity index (χ3v) is 2.83. The van der Waals surface area contributed by atoms with Crippen LogP contribution in [0.25, 0.3) is 0 Å². The van der Waals surface area contributed by atoms with Gasteiger partial charge in [-0.2, -0.15) is 0 Å². The first-order valence-corrected chi connectivity index (χ1v) is 5.76. The van der Waals surface area contributed by atoms with Gasteiger partial charge in [0.05, 0.1) is 6.67 Å². The van der Waals surface area contributed by atoms with E-state index in [0.717, 1.165) is 5.69 Å². The molecule has 86 valence electrons. The maximum atomic E-state index is 12.7. The predicted octanol–water partition coefficient (Wildman–Crippen LogP) is 4.27. The molecule has 1 atom stereocenters. The quantitative estimate of drug-likeness (QED) is 0.701. The highest BCUT2D eigenvalue weighted by Gasteiger charge is 2.17. The summed E-state index contributed by atoms with van der Waals surface area (Å²) in [5.74, 6) is 0.493. The lowest BCUT2D eigenvalue weighted by Gasteiger charge is -2.21. The Kier molecular flexibility index (Phi) is 3.95. The van der Waals surface area contributed by atoms with Gasteiger partial charge in [0.25, 0.3) is 0 Å². The summed E-state index contributed by atoms with van der Waals surface area (Å²) in [6, 6.07) is 4.60. The molecule has 0 spiro atoms. The maximum absolute atomic E-state index is 12.7. The average Bonchev–Trinajstić information content (AvgIpc) is 2.60. The molecule has 1 heterocycles. The van der Waals surface area contributed by atoms with Crippen LogP contribution in [0.15, 0.2) is 12.1 Å². The molecule has 1 aromatic heterocycles. The molecule has 2 heteroatoms. The highest BCUT2D eigenvalue weighted by molar-refractivity contribution is 5.22. The number of hydrogen-bond donors (Lipinski definition) is 0. The zero-order valence-corrected chi connectivity index (χ0v) is 10.4. The molecule has 1 aromatic rings. The Bertz CT molecular complexity index is 312. The van der Waals surface area contributed by atoms with Crippen molar-refractivity contribution in [2.75, 3.05) is 6.67 Å². The summed E-state index contributed by atoms with van der Waals surface area (Å²) in [5, 5.41) is 0. The Labute approximate surface area is 92.3 Å². The van der Waals surface area contributed by atoms with E-state index >= 15 is 0 Å². The molecule has 0 aliphatic heterocycles. The number of halogens is 1. The van der Waals surface area contributed by atoms with Crippen molar-refractivity contribution in [1.29, 1.82) is 0 Å². The average molecular weight is 211 g/mol. The summed E-state index contributed by atoms with van der Waals surface area (Å²) >= 11 is 0. The lowest BCUT2D eigenvalue weighted by atomic mass is 10.1. The Morgan fingerprint density at radius 1 is 1.07 bits per heavy atom. The SMILES string of the molecule is CC(C)c1ccc(C(C)CF)n1C(C)C. The van der Waals surface area contributed by atoms with Crippen LogP contribution in [0.5, 0.6) is 0 Å². The van der Waals surface area contributed by atoms with Gasteiger partial charge in [0.1, 0.15) is 0 Å². The highest BCUT2D eigenvalue weighted by atomic mass is 19.1. The molecule has 0 aliphatic carbocycles. The largest absolute Gasteiger partial charge is 0.346 e. The minimum absolute atomic E-state index is 0.0000926. The Balaban J connectivity index is 3.18. The van der Waals surface area contributed by atoms with Crippen molar-refractivity contribution in [3.8, 4) is 0 Å². The van der Waals surface area contributed by atoms with Crippen LogP contribution >= 0.6 is 0 Å². The Hall–Kier alpha value is -0.790. The van der Waals surface area contributed by atoms with E-state index in [4.69, 9.17) is 0 Å². The lowest BCUT2D eigenvalue weighted by Crippen LogP contribution is -2.13. The monoisotopic (exact) mass is 211 g/mol. The second-order valence-electron chi connectivity index (χ2n) is 4.86. The van der Waals surface area contributed by atoms with Crippen LogP contribution in [0.1, 0.15) is 63.9 Å². The number of rotatable bonds is 4. The van der Waals surface area contributed by atoms with Gasteiger partial charge in [0.15, 0.2) is 0 Å². The minimum Gasteiger partial charge on any atom is -0.346 e. The van der Waals surface area contributed by atoms with Crippen molar-refractivity contribution >= 4 is 0 Å². The first kappa shape index (κ1) is 12.3. The van der Waals surface area contributed by atoms with E-state index in [1.54, 1.807) is 0 Å². The van der Waals surface area contributed by atoms with Crippen LogP contribution in [-0.4, -0.2) is 11.2 Å². The van der Waals surface area contributed by atoms with Gasteiger partial charge in [-0.15, -0.1) is 0 Å². The summed E-state index contributed by atoms with van der Waals surface area (Å²) in [6.45, 7) is 10.3. The highest BCUT2D eigenvalue weighted by Crippen LogP contribution is 2.27. The third kappa shape index (κ3) is 2.42. The zero-order chi connectivity index (χ0) is 11.6. The van der Waals surface area contributed by atoms with Crippen molar-refractivity contribution < 1.29 is 4.39 Å². The van der Waals surface area contributed by atoms with E-state index in [1.165, 1.54) is 5.69 Å². The van der Waals surface area contributed by atoms with E-state index in [0.29, 0.717) is 12.0 Å². The van der Waals surface area contributed by atoms with Crippen molar-refractivity contribution in [2.45, 2.75) is 52.5 Å². The van der Waals surface area contributed by atoms with Crippen LogP contribution < -0.4 is 0 Å². The van der Waals surface area contributed by atoms with Crippen molar-refractivity contribution in [2.24, 2.45) is 0 Å². The van der Waals surface area contributed by atoms with E-state index in [2.05, 4.69) is 44.4 Å². The van der Waals surface area contributed by atoms with Crippen LogP contribution in [0, 0.1) is 0 Å². The summed E-state index contributed by atoms with van der Waals surface area (Å²) in [6.07, 6.45) is 0. The molecule has 0 saturated carbocycles. The van der Waals surface area contributed by atoms with Gasteiger partial charge >= 0.3 is 0 Å². The molecule has 0 aliphatic rings. The van der Waals surface area contributed by atoms with Crippen LogP contribution in [0.4, 0.5) is 4.39 Å². The number of aromatic nitrogens is 1. The molecule has 0 bridgehead atoms. The molecule has 0 saturated heterocycles. The summed E-state index contributed by atoms with van der Waals surface area (Å²) in [7, 11) is 0. The van der Waals surface area contributed by atoms with Gasteiger partial charge in [-0.1, -0.05) is 20.8 Å². The lowest BCUT2D eigenvalue weighted by molar-refractivity contribution is 0.421. The molecule has 1 rings (SSSR count). The minimum atomic E-state index is -0.283. The molecular weight excluding hydrogens is 189 g/mol. The van der Waals surface area contributed by atoms with Gasteiger partial charge in [0, 0.05) is 23.3 Å². The molecule has 15 heavy (non-hydrogen) atoms. The fourth-order valence-corrected chi connectivity index (χ4v) is 2.03. The predicted molar refractivity (Wildman–Crippen MR) is 63.3 cm³/mol. The molecule has 0 radical (unpaired) electrons. The number of nitrogens with zero attached hydrogens (tertiary/aromatic N) is 1. The second-order valence-corrected chi connectivity index (χ2v) is 4.86.